The van der Waals surface area contributed by atoms with Crippen molar-refractivity contribution in [3.05, 3.63) is 0 Å². The standard InChI is InChI=1S/C23H42N8O4S/c1-30(23-25-11-15(12-26-23)22(32)29-33)13-16-9-17-19(36-16)21(31-5-7-35-8-6-31)28-20(27-17)14-3-4-18(34-2)24-10-14/h10,14-21,23,25-28,33H,3-9,11-13H2,1-2H3,(H,29,32). The Bertz CT molecular complexity index is 766. The summed E-state index contributed by atoms with van der Waals surface area (Å²) in [6.45, 7) is 5.52. The Morgan fingerprint density at radius 1 is 1.28 bits per heavy atom. The lowest BCUT2D eigenvalue weighted by Gasteiger charge is -2.48. The first kappa shape index (κ1) is 26.7. The first-order chi connectivity index (χ1) is 17.6. The van der Waals surface area contributed by atoms with Gasteiger partial charge in [0, 0.05) is 68.5 Å². The molecule has 6 N–H and O–H groups in total. The van der Waals surface area contributed by atoms with Crippen molar-refractivity contribution in [1.29, 1.82) is 0 Å². The molecule has 5 heterocycles. The van der Waals surface area contributed by atoms with Gasteiger partial charge in [-0.05, 0) is 26.3 Å². The molecule has 0 aromatic carbocycles. The van der Waals surface area contributed by atoms with E-state index in [0.717, 1.165) is 52.1 Å². The third kappa shape index (κ3) is 6.06. The molecule has 36 heavy (non-hydrogen) atoms. The van der Waals surface area contributed by atoms with Gasteiger partial charge in [-0.25, -0.2) is 5.48 Å². The number of aliphatic imine (C=N–C) groups is 1. The zero-order chi connectivity index (χ0) is 25.1. The topological polar surface area (TPSA) is 135 Å². The SMILES string of the molecule is COC1CCC(C2NC3CC(CN(C)C4NCC(C(=O)NO)CN4)SC3C(N3CCOCC3)N2)C=N1. The molecule has 5 rings (SSSR count). The van der Waals surface area contributed by atoms with Crippen LogP contribution in [-0.2, 0) is 14.3 Å². The maximum atomic E-state index is 11.7. The molecule has 0 radical (unpaired) electrons. The van der Waals surface area contributed by atoms with Gasteiger partial charge in [-0.3, -0.25) is 46.1 Å². The van der Waals surface area contributed by atoms with E-state index in [0.29, 0.717) is 41.7 Å². The maximum absolute atomic E-state index is 11.7. The highest BCUT2D eigenvalue weighted by molar-refractivity contribution is 8.00. The number of rotatable bonds is 7. The third-order valence-electron chi connectivity index (χ3n) is 8.18. The Morgan fingerprint density at radius 2 is 2.06 bits per heavy atom. The van der Waals surface area contributed by atoms with E-state index in [2.05, 4.69) is 61.1 Å². The van der Waals surface area contributed by atoms with Crippen molar-refractivity contribution in [2.24, 2.45) is 16.8 Å². The van der Waals surface area contributed by atoms with Crippen molar-refractivity contribution in [1.82, 2.24) is 36.5 Å². The van der Waals surface area contributed by atoms with Crippen LogP contribution in [0.1, 0.15) is 19.3 Å². The molecule has 4 saturated heterocycles. The van der Waals surface area contributed by atoms with Crippen LogP contribution in [-0.4, -0.2) is 129 Å². The van der Waals surface area contributed by atoms with Gasteiger partial charge in [-0.15, -0.1) is 11.8 Å². The summed E-state index contributed by atoms with van der Waals surface area (Å²) in [4.78, 5) is 21.2. The average molecular weight is 527 g/mol. The Morgan fingerprint density at radius 3 is 2.72 bits per heavy atom. The summed E-state index contributed by atoms with van der Waals surface area (Å²) in [7, 11) is 3.85. The van der Waals surface area contributed by atoms with Crippen LogP contribution in [0.2, 0.25) is 0 Å². The molecule has 1 amide bonds. The Balaban J connectivity index is 1.20. The highest BCUT2D eigenvalue weighted by atomic mass is 32.2. The first-order valence-electron chi connectivity index (χ1n) is 13.2. The number of hydroxylamine groups is 1. The minimum Gasteiger partial charge on any atom is -0.379 e. The van der Waals surface area contributed by atoms with E-state index in [1.165, 1.54) is 0 Å². The second-order valence-electron chi connectivity index (χ2n) is 10.5. The van der Waals surface area contributed by atoms with Crippen molar-refractivity contribution in [3.63, 3.8) is 0 Å². The predicted molar refractivity (Wildman–Crippen MR) is 138 cm³/mol. The van der Waals surface area contributed by atoms with Crippen LogP contribution in [0.25, 0.3) is 0 Å². The number of methoxy groups -OCH3 is 1. The molecule has 7 unspecified atom stereocenters. The van der Waals surface area contributed by atoms with Crippen molar-refractivity contribution in [2.45, 2.75) is 60.7 Å². The van der Waals surface area contributed by atoms with Crippen LogP contribution in [0.3, 0.4) is 0 Å². The summed E-state index contributed by atoms with van der Waals surface area (Å²) < 4.78 is 11.1. The number of amides is 1. The number of carbonyl (C=O) groups is 1. The molecular weight excluding hydrogens is 484 g/mol. The van der Waals surface area contributed by atoms with Crippen molar-refractivity contribution in [2.75, 3.05) is 60.1 Å². The van der Waals surface area contributed by atoms with E-state index < -0.39 is 0 Å². The second-order valence-corrected chi connectivity index (χ2v) is 12.0. The molecule has 4 fully saturated rings. The van der Waals surface area contributed by atoms with E-state index in [-0.39, 0.29) is 30.5 Å². The van der Waals surface area contributed by atoms with Gasteiger partial charge in [0.1, 0.15) is 12.5 Å². The van der Waals surface area contributed by atoms with Gasteiger partial charge in [-0.2, -0.15) is 0 Å². The summed E-state index contributed by atoms with van der Waals surface area (Å²) in [5, 5.41) is 24.6. The number of carbonyl (C=O) groups excluding carboxylic acids is 1. The van der Waals surface area contributed by atoms with Gasteiger partial charge >= 0.3 is 0 Å². The van der Waals surface area contributed by atoms with E-state index in [1.54, 1.807) is 12.6 Å². The van der Waals surface area contributed by atoms with Gasteiger partial charge < -0.3 is 9.47 Å². The van der Waals surface area contributed by atoms with E-state index in [4.69, 9.17) is 14.7 Å². The number of thioether (sulfide) groups is 1. The number of nitrogens with one attached hydrogen (secondary N) is 5. The second kappa shape index (κ2) is 12.3. The van der Waals surface area contributed by atoms with Gasteiger partial charge in [0.15, 0.2) is 0 Å². The van der Waals surface area contributed by atoms with E-state index in [1.807, 2.05) is 0 Å². The van der Waals surface area contributed by atoms with E-state index in [9.17, 15) is 4.79 Å². The lowest BCUT2D eigenvalue weighted by Crippen LogP contribution is -2.71. The molecular formula is C23H42N8O4S. The van der Waals surface area contributed by atoms with Crippen LogP contribution in [0.15, 0.2) is 4.99 Å². The number of nitrogens with zero attached hydrogens (tertiary/aromatic N) is 3. The molecule has 0 aromatic heterocycles. The number of hydrogen-bond donors (Lipinski definition) is 6. The maximum Gasteiger partial charge on any atom is 0.249 e. The number of morpholine rings is 1. The molecule has 13 heteroatoms. The highest BCUT2D eigenvalue weighted by Crippen LogP contribution is 2.40. The fourth-order valence-corrected chi connectivity index (χ4v) is 7.99. The lowest BCUT2D eigenvalue weighted by molar-refractivity contribution is -0.134. The fourth-order valence-electron chi connectivity index (χ4n) is 6.13. The molecule has 204 valence electrons. The zero-order valence-electron chi connectivity index (χ0n) is 21.3. The smallest absolute Gasteiger partial charge is 0.249 e. The normalized spacial score (nSPS) is 41.8. The molecule has 5 aliphatic rings. The molecule has 12 nitrogen and oxygen atoms in total. The molecule has 0 spiro atoms. The summed E-state index contributed by atoms with van der Waals surface area (Å²) in [5.74, 6) is -0.269. The molecule has 0 aliphatic carbocycles. The molecule has 0 aromatic rings. The summed E-state index contributed by atoms with van der Waals surface area (Å²) in [5.41, 5.74) is 1.75. The van der Waals surface area contributed by atoms with Gasteiger partial charge in [0.05, 0.1) is 31.5 Å². The monoisotopic (exact) mass is 526 g/mol. The van der Waals surface area contributed by atoms with Crippen LogP contribution < -0.4 is 26.7 Å². The van der Waals surface area contributed by atoms with Crippen molar-refractivity contribution in [3.8, 4) is 0 Å². The quantitative estimate of drug-likeness (QED) is 0.169. The molecule has 0 bridgehead atoms. The average Bonchev–Trinajstić information content (AvgIpc) is 3.35. The van der Waals surface area contributed by atoms with Crippen LogP contribution in [0, 0.1) is 11.8 Å². The zero-order valence-corrected chi connectivity index (χ0v) is 22.1. The number of fused-ring (bicyclic) bond motifs is 1. The minimum atomic E-state index is -0.352. The molecule has 5 aliphatic heterocycles. The molecule has 7 atom stereocenters. The van der Waals surface area contributed by atoms with Gasteiger partial charge in [-0.1, -0.05) is 0 Å². The Hall–Kier alpha value is -0.870. The van der Waals surface area contributed by atoms with Crippen LogP contribution in [0.4, 0.5) is 0 Å². The Kier molecular flexibility index (Phi) is 9.15. The first-order valence-corrected chi connectivity index (χ1v) is 14.2. The van der Waals surface area contributed by atoms with Crippen molar-refractivity contribution >= 4 is 23.9 Å². The largest absolute Gasteiger partial charge is 0.379 e. The molecule has 0 saturated carbocycles. The van der Waals surface area contributed by atoms with Gasteiger partial charge in [0.2, 0.25) is 5.91 Å². The Labute approximate surface area is 217 Å². The number of ether oxygens (including phenoxy) is 2. The van der Waals surface area contributed by atoms with Gasteiger partial charge in [0.25, 0.3) is 0 Å². The summed E-state index contributed by atoms with van der Waals surface area (Å²) in [6, 6.07) is 0.436. The summed E-state index contributed by atoms with van der Waals surface area (Å²) in [6.07, 6.45) is 5.74. The van der Waals surface area contributed by atoms with Crippen LogP contribution >= 0.6 is 11.8 Å². The predicted octanol–water partition coefficient (Wildman–Crippen LogP) is -1.61. The summed E-state index contributed by atoms with van der Waals surface area (Å²) >= 11 is 2.09. The van der Waals surface area contributed by atoms with Crippen molar-refractivity contribution < 1.29 is 19.5 Å². The highest BCUT2D eigenvalue weighted by Gasteiger charge is 2.48. The van der Waals surface area contributed by atoms with Crippen LogP contribution in [0.5, 0.6) is 0 Å². The third-order valence-corrected chi connectivity index (χ3v) is 9.80. The lowest BCUT2D eigenvalue weighted by atomic mass is 9.92. The fraction of sp³-hybridized carbons (Fsp3) is 0.913. The minimum absolute atomic E-state index is 0.00936. The number of hydrogen-bond acceptors (Lipinski definition) is 12. The van der Waals surface area contributed by atoms with E-state index >= 15 is 0 Å².